The molecular weight excluding hydrogens is 168 g/mol. The van der Waals surface area contributed by atoms with Crippen LogP contribution in [0.1, 0.15) is 19.8 Å². The quantitative estimate of drug-likeness (QED) is 0.637. The molecule has 0 aromatic rings. The van der Waals surface area contributed by atoms with Gasteiger partial charge in [0.15, 0.2) is 0 Å². The van der Waals surface area contributed by atoms with E-state index >= 15 is 0 Å². The molecule has 0 bridgehead atoms. The van der Waals surface area contributed by atoms with Gasteiger partial charge >= 0.3 is 0 Å². The van der Waals surface area contributed by atoms with E-state index < -0.39 is 0 Å². The van der Waals surface area contributed by atoms with Crippen LogP contribution in [0.3, 0.4) is 0 Å². The standard InChI is InChI=1S/C9H18N2O2/c1-4-5-8(12)6-11(3)7-9(13)10-2/h4-7H2,1-3H3,(H,10,13). The Morgan fingerprint density at radius 3 is 2.38 bits per heavy atom. The summed E-state index contributed by atoms with van der Waals surface area (Å²) in [7, 11) is 3.35. The van der Waals surface area contributed by atoms with Gasteiger partial charge in [0.25, 0.3) is 0 Å². The molecule has 0 radical (unpaired) electrons. The third kappa shape index (κ3) is 6.28. The number of carbonyl (C=O) groups is 2. The molecule has 0 aromatic carbocycles. The topological polar surface area (TPSA) is 49.4 Å². The third-order valence-electron chi connectivity index (χ3n) is 1.67. The molecule has 4 heteroatoms. The predicted molar refractivity (Wildman–Crippen MR) is 51.5 cm³/mol. The van der Waals surface area contributed by atoms with Gasteiger partial charge in [0.05, 0.1) is 13.1 Å². The van der Waals surface area contributed by atoms with Crippen LogP contribution in [0.25, 0.3) is 0 Å². The fourth-order valence-corrected chi connectivity index (χ4v) is 1.04. The molecule has 0 rings (SSSR count). The first-order chi connectivity index (χ1) is 6.10. The highest BCUT2D eigenvalue weighted by atomic mass is 16.2. The van der Waals surface area contributed by atoms with Crippen LogP contribution in [0.2, 0.25) is 0 Å². The van der Waals surface area contributed by atoms with Gasteiger partial charge < -0.3 is 5.32 Å². The molecule has 4 nitrogen and oxygen atoms in total. The summed E-state index contributed by atoms with van der Waals surface area (Å²) in [5.74, 6) is 0.126. The zero-order chi connectivity index (χ0) is 10.3. The summed E-state index contributed by atoms with van der Waals surface area (Å²) < 4.78 is 0. The Balaban J connectivity index is 3.67. The van der Waals surface area contributed by atoms with Crippen LogP contribution in [0.15, 0.2) is 0 Å². The van der Waals surface area contributed by atoms with Gasteiger partial charge in [-0.25, -0.2) is 0 Å². The summed E-state index contributed by atoms with van der Waals surface area (Å²) in [4.78, 5) is 23.8. The molecule has 0 aliphatic heterocycles. The van der Waals surface area contributed by atoms with Gasteiger partial charge in [-0.1, -0.05) is 6.92 Å². The molecule has 0 aliphatic carbocycles. The average molecular weight is 186 g/mol. The number of nitrogens with one attached hydrogen (secondary N) is 1. The Morgan fingerprint density at radius 2 is 1.92 bits per heavy atom. The van der Waals surface area contributed by atoms with Gasteiger partial charge in [-0.2, -0.15) is 0 Å². The highest BCUT2D eigenvalue weighted by Crippen LogP contribution is 1.91. The largest absolute Gasteiger partial charge is 0.358 e. The maximum absolute atomic E-state index is 11.1. The van der Waals surface area contributed by atoms with Crippen molar-refractivity contribution in [1.82, 2.24) is 10.2 Å². The lowest BCUT2D eigenvalue weighted by Gasteiger charge is -2.13. The van der Waals surface area contributed by atoms with E-state index in [1.807, 2.05) is 6.92 Å². The first-order valence-electron chi connectivity index (χ1n) is 4.51. The van der Waals surface area contributed by atoms with E-state index in [1.165, 1.54) is 0 Å². The van der Waals surface area contributed by atoms with Gasteiger partial charge in [0.2, 0.25) is 5.91 Å². The number of carbonyl (C=O) groups excluding carboxylic acids is 2. The van der Waals surface area contributed by atoms with Gasteiger partial charge in [-0.05, 0) is 13.5 Å². The number of amides is 1. The maximum atomic E-state index is 11.1. The van der Waals surface area contributed by atoms with Crippen molar-refractivity contribution in [1.29, 1.82) is 0 Å². The Bertz CT molecular complexity index is 180. The first kappa shape index (κ1) is 12.1. The maximum Gasteiger partial charge on any atom is 0.233 e. The predicted octanol–water partition coefficient (Wildman–Crippen LogP) is 0.0334. The molecule has 0 fully saturated rings. The second-order valence-electron chi connectivity index (χ2n) is 3.13. The number of hydrogen-bond acceptors (Lipinski definition) is 3. The molecule has 0 saturated carbocycles. The zero-order valence-electron chi connectivity index (χ0n) is 8.59. The van der Waals surface area contributed by atoms with Crippen LogP contribution in [-0.4, -0.2) is 43.8 Å². The minimum Gasteiger partial charge on any atom is -0.358 e. The second kappa shape index (κ2) is 6.60. The fourth-order valence-electron chi connectivity index (χ4n) is 1.04. The highest BCUT2D eigenvalue weighted by Gasteiger charge is 2.08. The number of likely N-dealkylation sites (N-methyl/N-ethyl adjacent to an activating group) is 2. The average Bonchev–Trinajstić information content (AvgIpc) is 2.04. The van der Waals surface area contributed by atoms with Crippen LogP contribution in [0.4, 0.5) is 0 Å². The van der Waals surface area contributed by atoms with Crippen molar-refractivity contribution in [3.63, 3.8) is 0 Å². The minimum atomic E-state index is -0.0631. The summed E-state index contributed by atoms with van der Waals surface area (Å²) >= 11 is 0. The Labute approximate surface area is 79.3 Å². The zero-order valence-corrected chi connectivity index (χ0v) is 8.59. The lowest BCUT2D eigenvalue weighted by molar-refractivity contribution is -0.123. The minimum absolute atomic E-state index is 0.0631. The smallest absolute Gasteiger partial charge is 0.233 e. The van der Waals surface area contributed by atoms with E-state index in [9.17, 15) is 9.59 Å². The summed E-state index contributed by atoms with van der Waals surface area (Å²) in [6.45, 7) is 2.61. The molecule has 0 aliphatic rings. The summed E-state index contributed by atoms with van der Waals surface area (Å²) in [6, 6.07) is 0. The van der Waals surface area contributed by atoms with Crippen molar-refractivity contribution < 1.29 is 9.59 Å². The van der Waals surface area contributed by atoms with E-state index in [4.69, 9.17) is 0 Å². The molecule has 1 amide bonds. The van der Waals surface area contributed by atoms with Crippen molar-refractivity contribution in [2.75, 3.05) is 27.2 Å². The van der Waals surface area contributed by atoms with Crippen LogP contribution in [0.5, 0.6) is 0 Å². The lowest BCUT2D eigenvalue weighted by Crippen LogP contribution is -2.35. The molecule has 0 unspecified atom stereocenters. The summed E-state index contributed by atoms with van der Waals surface area (Å²) in [6.07, 6.45) is 1.46. The lowest BCUT2D eigenvalue weighted by atomic mass is 10.2. The normalized spacial score (nSPS) is 10.2. The van der Waals surface area contributed by atoms with Crippen molar-refractivity contribution in [2.24, 2.45) is 0 Å². The molecule has 1 N–H and O–H groups in total. The number of hydrogen-bond donors (Lipinski definition) is 1. The van der Waals surface area contributed by atoms with E-state index in [2.05, 4.69) is 5.32 Å². The Hall–Kier alpha value is -0.900. The van der Waals surface area contributed by atoms with Gasteiger partial charge in [0.1, 0.15) is 5.78 Å². The molecular formula is C9H18N2O2. The molecule has 0 heterocycles. The number of ketones is 1. The van der Waals surface area contributed by atoms with E-state index in [-0.39, 0.29) is 18.2 Å². The van der Waals surface area contributed by atoms with Crippen LogP contribution >= 0.6 is 0 Å². The second-order valence-corrected chi connectivity index (χ2v) is 3.13. The van der Waals surface area contributed by atoms with E-state index in [1.54, 1.807) is 19.0 Å². The van der Waals surface area contributed by atoms with Crippen molar-refractivity contribution in [3.8, 4) is 0 Å². The van der Waals surface area contributed by atoms with Crippen LogP contribution < -0.4 is 5.32 Å². The number of rotatable bonds is 6. The van der Waals surface area contributed by atoms with Crippen molar-refractivity contribution in [3.05, 3.63) is 0 Å². The van der Waals surface area contributed by atoms with Crippen molar-refractivity contribution >= 4 is 11.7 Å². The fraction of sp³-hybridized carbons (Fsp3) is 0.778. The van der Waals surface area contributed by atoms with Crippen LogP contribution in [0, 0.1) is 0 Å². The van der Waals surface area contributed by atoms with E-state index in [0.717, 1.165) is 6.42 Å². The molecule has 76 valence electrons. The van der Waals surface area contributed by atoms with E-state index in [0.29, 0.717) is 13.0 Å². The highest BCUT2D eigenvalue weighted by molar-refractivity contribution is 5.82. The third-order valence-corrected chi connectivity index (χ3v) is 1.67. The van der Waals surface area contributed by atoms with Gasteiger partial charge in [-0.3, -0.25) is 14.5 Å². The monoisotopic (exact) mass is 186 g/mol. The summed E-state index contributed by atoms with van der Waals surface area (Å²) in [5, 5.41) is 2.51. The molecule has 13 heavy (non-hydrogen) atoms. The number of Topliss-reactive ketones (excluding diaryl/α,β-unsaturated/α-hetero) is 1. The van der Waals surface area contributed by atoms with Crippen LogP contribution in [-0.2, 0) is 9.59 Å². The molecule has 0 spiro atoms. The number of nitrogens with zero attached hydrogens (tertiary/aromatic N) is 1. The SMILES string of the molecule is CCCC(=O)CN(C)CC(=O)NC. The molecule has 0 aromatic heterocycles. The first-order valence-corrected chi connectivity index (χ1v) is 4.51. The molecule has 0 saturated heterocycles. The Morgan fingerprint density at radius 1 is 1.31 bits per heavy atom. The molecule has 0 atom stereocenters. The van der Waals surface area contributed by atoms with Gasteiger partial charge in [-0.15, -0.1) is 0 Å². The van der Waals surface area contributed by atoms with Gasteiger partial charge in [0, 0.05) is 13.5 Å². The Kier molecular flexibility index (Phi) is 6.14. The summed E-state index contributed by atoms with van der Waals surface area (Å²) in [5.41, 5.74) is 0. The van der Waals surface area contributed by atoms with Crippen molar-refractivity contribution in [2.45, 2.75) is 19.8 Å².